The molecule has 3 aromatic rings. The number of halogens is 2. The molecule has 0 atom stereocenters. The number of imidazole rings is 1. The number of hydrogen-bond acceptors (Lipinski definition) is 3. The van der Waals surface area contributed by atoms with Crippen molar-refractivity contribution in [1.82, 2.24) is 19.5 Å². The molecule has 0 bridgehead atoms. The third kappa shape index (κ3) is 3.01. The number of fused-ring (bicyclic) bond motifs is 1. The topological polar surface area (TPSA) is 43.6 Å². The van der Waals surface area contributed by atoms with E-state index in [-0.39, 0.29) is 0 Å². The average Bonchev–Trinajstić information content (AvgIpc) is 2.79. The fourth-order valence-electron chi connectivity index (χ4n) is 2.25. The van der Waals surface area contributed by atoms with Crippen molar-refractivity contribution in [2.24, 2.45) is 0 Å². The Balaban J connectivity index is 2.06. The lowest BCUT2D eigenvalue weighted by Gasteiger charge is -2.08. The quantitative estimate of drug-likeness (QED) is 0.689. The van der Waals surface area contributed by atoms with Crippen molar-refractivity contribution < 1.29 is 0 Å². The summed E-state index contributed by atoms with van der Waals surface area (Å²) in [5.74, 6) is 1.43. The van der Waals surface area contributed by atoms with E-state index < -0.39 is 0 Å². The molecule has 0 aliphatic carbocycles. The molecule has 0 fully saturated rings. The summed E-state index contributed by atoms with van der Waals surface area (Å²) in [6, 6.07) is 5.89. The number of nitrogens with zero attached hydrogens (tertiary/aromatic N) is 4. The van der Waals surface area contributed by atoms with Crippen molar-refractivity contribution in [3.8, 4) is 0 Å². The van der Waals surface area contributed by atoms with Gasteiger partial charge in [-0.15, -0.1) is 11.6 Å². The smallest absolute Gasteiger partial charge is 0.160 e. The van der Waals surface area contributed by atoms with E-state index in [4.69, 9.17) is 23.2 Å². The molecule has 0 unspecified atom stereocenters. The largest absolute Gasteiger partial charge is 0.308 e. The van der Waals surface area contributed by atoms with Gasteiger partial charge in [-0.1, -0.05) is 17.7 Å². The van der Waals surface area contributed by atoms with Gasteiger partial charge in [0.15, 0.2) is 5.65 Å². The second-order valence-electron chi connectivity index (χ2n) is 4.86. The average molecular weight is 321 g/mol. The van der Waals surface area contributed by atoms with E-state index in [1.165, 1.54) is 0 Å². The summed E-state index contributed by atoms with van der Waals surface area (Å²) in [4.78, 5) is 13.3. The molecule has 3 rings (SSSR count). The molecule has 0 saturated carbocycles. The molecule has 0 radical (unpaired) electrons. The summed E-state index contributed by atoms with van der Waals surface area (Å²) in [5.41, 5.74) is 3.72. The molecule has 3 aromatic heterocycles. The molecule has 108 valence electrons. The van der Waals surface area contributed by atoms with Crippen LogP contribution in [0, 0.1) is 6.92 Å². The summed E-state index contributed by atoms with van der Waals surface area (Å²) in [6.45, 7) is 2.64. The zero-order chi connectivity index (χ0) is 14.8. The first-order chi connectivity index (χ1) is 10.2. The van der Waals surface area contributed by atoms with Crippen molar-refractivity contribution >= 4 is 34.4 Å². The highest BCUT2D eigenvalue weighted by atomic mass is 35.5. The summed E-state index contributed by atoms with van der Waals surface area (Å²) in [5, 5.41) is 0.585. The molecule has 0 saturated heterocycles. The minimum Gasteiger partial charge on any atom is -0.308 e. The Morgan fingerprint density at radius 3 is 2.76 bits per heavy atom. The fourth-order valence-corrected chi connectivity index (χ4v) is 2.57. The van der Waals surface area contributed by atoms with Crippen LogP contribution in [0.2, 0.25) is 5.02 Å². The van der Waals surface area contributed by atoms with Gasteiger partial charge in [-0.05, 0) is 24.6 Å². The van der Waals surface area contributed by atoms with E-state index in [1.807, 2.05) is 25.3 Å². The van der Waals surface area contributed by atoms with Crippen LogP contribution < -0.4 is 0 Å². The maximum atomic E-state index is 5.99. The first-order valence-corrected chi connectivity index (χ1v) is 7.57. The number of rotatable bonds is 4. The van der Waals surface area contributed by atoms with Gasteiger partial charge in [-0.3, -0.25) is 4.98 Å². The highest BCUT2D eigenvalue weighted by Gasteiger charge is 2.12. The SMILES string of the molecule is Cc1ccc(Cn2c(CCCl)nc3cc(Cl)cnc32)cn1. The monoisotopic (exact) mass is 320 g/mol. The number of aryl methyl sites for hydroxylation is 2. The number of aromatic nitrogens is 4. The lowest BCUT2D eigenvalue weighted by atomic mass is 10.2. The van der Waals surface area contributed by atoms with Gasteiger partial charge in [0.2, 0.25) is 0 Å². The van der Waals surface area contributed by atoms with E-state index >= 15 is 0 Å². The molecule has 0 aliphatic rings. The molecule has 21 heavy (non-hydrogen) atoms. The summed E-state index contributed by atoms with van der Waals surface area (Å²) < 4.78 is 2.07. The van der Waals surface area contributed by atoms with Crippen molar-refractivity contribution in [3.05, 3.63) is 52.7 Å². The Labute approximate surface area is 132 Å². The van der Waals surface area contributed by atoms with E-state index in [1.54, 1.807) is 6.20 Å². The van der Waals surface area contributed by atoms with E-state index in [0.29, 0.717) is 23.9 Å². The Hall–Kier alpha value is -1.65. The van der Waals surface area contributed by atoms with Crippen LogP contribution in [0.4, 0.5) is 0 Å². The van der Waals surface area contributed by atoms with Crippen LogP contribution in [0.3, 0.4) is 0 Å². The van der Waals surface area contributed by atoms with Crippen LogP contribution in [0.1, 0.15) is 17.1 Å². The van der Waals surface area contributed by atoms with Crippen molar-refractivity contribution in [1.29, 1.82) is 0 Å². The summed E-state index contributed by atoms with van der Waals surface area (Å²) in [7, 11) is 0. The second kappa shape index (κ2) is 6.00. The van der Waals surface area contributed by atoms with E-state index in [9.17, 15) is 0 Å². The Morgan fingerprint density at radius 1 is 1.19 bits per heavy atom. The van der Waals surface area contributed by atoms with Crippen LogP contribution in [0.25, 0.3) is 11.2 Å². The zero-order valence-corrected chi connectivity index (χ0v) is 13.1. The lowest BCUT2D eigenvalue weighted by molar-refractivity contribution is 0.744. The van der Waals surface area contributed by atoms with Crippen molar-refractivity contribution in [2.75, 3.05) is 5.88 Å². The van der Waals surface area contributed by atoms with Crippen LogP contribution in [0.5, 0.6) is 0 Å². The standard InChI is InChI=1S/C15H14Cl2N4/c1-10-2-3-11(7-18-10)9-21-14(4-5-16)20-13-6-12(17)8-19-15(13)21/h2-3,6-8H,4-5,9H2,1H3. The number of hydrogen-bond donors (Lipinski definition) is 0. The maximum Gasteiger partial charge on any atom is 0.160 e. The molecule has 0 spiro atoms. The van der Waals surface area contributed by atoms with Gasteiger partial charge in [-0.25, -0.2) is 9.97 Å². The highest BCUT2D eigenvalue weighted by Crippen LogP contribution is 2.20. The first kappa shape index (κ1) is 14.3. The second-order valence-corrected chi connectivity index (χ2v) is 5.67. The molecule has 3 heterocycles. The van der Waals surface area contributed by atoms with E-state index in [2.05, 4.69) is 25.6 Å². The Morgan fingerprint density at radius 2 is 2.05 bits per heavy atom. The minimum absolute atomic E-state index is 0.517. The van der Waals surface area contributed by atoms with Crippen molar-refractivity contribution in [2.45, 2.75) is 19.9 Å². The third-order valence-corrected chi connectivity index (χ3v) is 3.66. The van der Waals surface area contributed by atoms with Gasteiger partial charge < -0.3 is 4.57 Å². The Kier molecular flexibility index (Phi) is 4.08. The number of pyridine rings is 2. The van der Waals surface area contributed by atoms with Crippen LogP contribution in [-0.2, 0) is 13.0 Å². The highest BCUT2D eigenvalue weighted by molar-refractivity contribution is 6.31. The van der Waals surface area contributed by atoms with Gasteiger partial charge in [0, 0.05) is 30.4 Å². The lowest BCUT2D eigenvalue weighted by Crippen LogP contribution is -2.07. The molecule has 0 amide bonds. The predicted molar refractivity (Wildman–Crippen MR) is 85.0 cm³/mol. The maximum absolute atomic E-state index is 5.99. The van der Waals surface area contributed by atoms with Gasteiger partial charge in [0.25, 0.3) is 0 Å². The van der Waals surface area contributed by atoms with Crippen molar-refractivity contribution in [3.63, 3.8) is 0 Å². The van der Waals surface area contributed by atoms with E-state index in [0.717, 1.165) is 28.2 Å². The fraction of sp³-hybridized carbons (Fsp3) is 0.267. The first-order valence-electron chi connectivity index (χ1n) is 6.65. The van der Waals surface area contributed by atoms with Gasteiger partial charge >= 0.3 is 0 Å². The molecule has 0 N–H and O–H groups in total. The summed E-state index contributed by atoms with van der Waals surface area (Å²) >= 11 is 11.9. The molecule has 0 aromatic carbocycles. The van der Waals surface area contributed by atoms with Crippen LogP contribution in [-0.4, -0.2) is 25.4 Å². The van der Waals surface area contributed by atoms with Gasteiger partial charge in [-0.2, -0.15) is 0 Å². The zero-order valence-electron chi connectivity index (χ0n) is 11.6. The molecule has 4 nitrogen and oxygen atoms in total. The third-order valence-electron chi connectivity index (χ3n) is 3.26. The predicted octanol–water partition coefficient (Wildman–Crippen LogP) is 3.62. The van der Waals surface area contributed by atoms with Gasteiger partial charge in [0.05, 0.1) is 11.6 Å². The van der Waals surface area contributed by atoms with Crippen LogP contribution in [0.15, 0.2) is 30.6 Å². The molecular weight excluding hydrogens is 307 g/mol. The number of alkyl halides is 1. The summed E-state index contributed by atoms with van der Waals surface area (Å²) in [6.07, 6.45) is 4.20. The van der Waals surface area contributed by atoms with Crippen LogP contribution >= 0.6 is 23.2 Å². The minimum atomic E-state index is 0.517. The molecular formula is C15H14Cl2N4. The Bertz CT molecular complexity index is 765. The molecule has 0 aliphatic heterocycles. The molecule has 6 heteroatoms. The normalized spacial score (nSPS) is 11.2. The van der Waals surface area contributed by atoms with Gasteiger partial charge in [0.1, 0.15) is 11.3 Å².